The molecule has 33 heavy (non-hydrogen) atoms. The van der Waals surface area contributed by atoms with Gasteiger partial charge in [-0.15, -0.1) is 0 Å². The summed E-state index contributed by atoms with van der Waals surface area (Å²) in [6, 6.07) is 5.39. The number of hydrogen-bond acceptors (Lipinski definition) is 8. The molecule has 9 heteroatoms. The number of carbonyl (C=O) groups is 1. The van der Waals surface area contributed by atoms with Crippen molar-refractivity contribution in [3.05, 3.63) is 23.8 Å². The topological polar surface area (TPSA) is 83.9 Å². The number of benzene rings is 1. The maximum atomic E-state index is 13.4. The molecule has 9 nitrogen and oxygen atoms in total. The van der Waals surface area contributed by atoms with E-state index in [1.165, 1.54) is 12.8 Å². The first-order valence-electron chi connectivity index (χ1n) is 12.1. The zero-order valence-electron chi connectivity index (χ0n) is 19.2. The number of ether oxygens (including phenoxy) is 4. The maximum absolute atomic E-state index is 13.4. The number of aliphatic hydroxyl groups excluding tert-OH is 1. The number of hydrogen-bond donors (Lipinski definition) is 1. The molecule has 0 unspecified atom stereocenters. The Balaban J connectivity index is 1.17. The molecule has 2 saturated heterocycles. The van der Waals surface area contributed by atoms with Crippen LogP contribution in [0.5, 0.6) is 11.5 Å². The van der Waals surface area contributed by atoms with Crippen LogP contribution in [0.3, 0.4) is 0 Å². The van der Waals surface area contributed by atoms with Gasteiger partial charge in [0, 0.05) is 57.9 Å². The Morgan fingerprint density at radius 1 is 1.03 bits per heavy atom. The van der Waals surface area contributed by atoms with E-state index in [4.69, 9.17) is 18.9 Å². The average molecular weight is 462 g/mol. The molecule has 3 fully saturated rings. The van der Waals surface area contributed by atoms with Crippen molar-refractivity contribution in [2.24, 2.45) is 5.92 Å². The number of nitrogens with zero attached hydrogens (tertiary/aromatic N) is 3. The van der Waals surface area contributed by atoms with Crippen molar-refractivity contribution >= 4 is 5.91 Å². The number of aliphatic hydroxyl groups is 1. The molecule has 1 N–H and O–H groups in total. The van der Waals surface area contributed by atoms with Crippen molar-refractivity contribution in [2.75, 3.05) is 79.0 Å². The van der Waals surface area contributed by atoms with Gasteiger partial charge < -0.3 is 29.0 Å². The standard InChI is InChI=1S/C24H35N3O6/c28-20(13-25-5-8-30-9-6-25)14-26-7-10-31-21(15-26)16-27(12-18-1-2-18)24(29)19-3-4-22-23(11-19)33-17-32-22/h3-4,11,18,20-21,28H,1-2,5-10,12-17H2/t20-,21+/m1/s1. The average Bonchev–Trinajstić information content (AvgIpc) is 3.51. The smallest absolute Gasteiger partial charge is 0.254 e. The van der Waals surface area contributed by atoms with Crippen molar-refractivity contribution in [2.45, 2.75) is 25.0 Å². The molecular formula is C24H35N3O6. The van der Waals surface area contributed by atoms with Gasteiger partial charge in [0.1, 0.15) is 0 Å². The third kappa shape index (κ3) is 6.16. The third-order valence-corrected chi connectivity index (χ3v) is 6.77. The summed E-state index contributed by atoms with van der Waals surface area (Å²) in [5, 5.41) is 10.6. The minimum atomic E-state index is -0.403. The van der Waals surface area contributed by atoms with Gasteiger partial charge in [-0.05, 0) is 37.0 Å². The fourth-order valence-electron chi connectivity index (χ4n) is 4.80. The van der Waals surface area contributed by atoms with Crippen LogP contribution in [0, 0.1) is 5.92 Å². The Labute approximate surface area is 195 Å². The molecule has 0 radical (unpaired) electrons. The fraction of sp³-hybridized carbons (Fsp3) is 0.708. The number of amides is 1. The molecule has 1 aromatic carbocycles. The van der Waals surface area contributed by atoms with Crippen LogP contribution < -0.4 is 9.47 Å². The Morgan fingerprint density at radius 3 is 2.61 bits per heavy atom. The van der Waals surface area contributed by atoms with Crippen LogP contribution in [0.4, 0.5) is 0 Å². The van der Waals surface area contributed by atoms with Gasteiger partial charge in [-0.2, -0.15) is 0 Å². The molecular weight excluding hydrogens is 426 g/mol. The van der Waals surface area contributed by atoms with E-state index in [0.717, 1.165) is 45.9 Å². The largest absolute Gasteiger partial charge is 0.454 e. The molecule has 3 aliphatic heterocycles. The van der Waals surface area contributed by atoms with E-state index in [1.54, 1.807) is 12.1 Å². The molecule has 182 valence electrons. The van der Waals surface area contributed by atoms with Gasteiger partial charge in [0.05, 0.1) is 32.0 Å². The van der Waals surface area contributed by atoms with Crippen LogP contribution in [0.1, 0.15) is 23.2 Å². The Kier molecular flexibility index (Phi) is 7.32. The monoisotopic (exact) mass is 461 g/mol. The van der Waals surface area contributed by atoms with E-state index in [9.17, 15) is 9.90 Å². The predicted molar refractivity (Wildman–Crippen MR) is 121 cm³/mol. The summed E-state index contributed by atoms with van der Waals surface area (Å²) >= 11 is 0. The summed E-state index contributed by atoms with van der Waals surface area (Å²) < 4.78 is 22.3. The molecule has 0 aromatic heterocycles. The number of β-amino-alcohol motifs (C(OH)–C–C–N with tert-alkyl or cyclic N) is 1. The number of rotatable bonds is 9. The van der Waals surface area contributed by atoms with Gasteiger partial charge in [0.15, 0.2) is 11.5 Å². The zero-order valence-corrected chi connectivity index (χ0v) is 19.2. The lowest BCUT2D eigenvalue weighted by molar-refractivity contribution is -0.0557. The summed E-state index contributed by atoms with van der Waals surface area (Å²) in [5.41, 5.74) is 0.619. The van der Waals surface area contributed by atoms with E-state index in [2.05, 4.69) is 9.80 Å². The molecule has 1 aliphatic carbocycles. The highest BCUT2D eigenvalue weighted by Gasteiger charge is 2.32. The summed E-state index contributed by atoms with van der Waals surface area (Å²) in [4.78, 5) is 19.8. The molecule has 4 aliphatic rings. The Bertz CT molecular complexity index is 813. The van der Waals surface area contributed by atoms with Crippen molar-refractivity contribution in [1.29, 1.82) is 0 Å². The quantitative estimate of drug-likeness (QED) is 0.574. The van der Waals surface area contributed by atoms with Crippen LogP contribution in [0.2, 0.25) is 0 Å². The Hall–Kier alpha value is -1.91. The second kappa shape index (κ2) is 10.6. The van der Waals surface area contributed by atoms with Gasteiger partial charge in [-0.3, -0.25) is 14.6 Å². The number of carbonyl (C=O) groups excluding carboxylic acids is 1. The SMILES string of the molecule is O=C(c1ccc2c(c1)OCO2)N(CC1CC1)C[C@@H]1CN(C[C@H](O)CN2CCOCC2)CCO1. The molecule has 0 spiro atoms. The molecule has 5 rings (SSSR count). The van der Waals surface area contributed by atoms with Crippen LogP contribution in [0.15, 0.2) is 18.2 Å². The minimum absolute atomic E-state index is 0.00766. The summed E-state index contributed by atoms with van der Waals surface area (Å²) in [6.07, 6.45) is 1.89. The fourth-order valence-corrected chi connectivity index (χ4v) is 4.80. The van der Waals surface area contributed by atoms with Crippen LogP contribution >= 0.6 is 0 Å². The van der Waals surface area contributed by atoms with Crippen molar-refractivity contribution in [3.8, 4) is 11.5 Å². The number of morpholine rings is 2. The maximum Gasteiger partial charge on any atom is 0.254 e. The van der Waals surface area contributed by atoms with Gasteiger partial charge in [-0.25, -0.2) is 0 Å². The summed E-state index contributed by atoms with van der Waals surface area (Å²) in [5.74, 6) is 1.90. The molecule has 1 saturated carbocycles. The third-order valence-electron chi connectivity index (χ3n) is 6.77. The molecule has 3 heterocycles. The van der Waals surface area contributed by atoms with E-state index in [1.807, 2.05) is 11.0 Å². The van der Waals surface area contributed by atoms with E-state index in [0.29, 0.717) is 49.2 Å². The van der Waals surface area contributed by atoms with E-state index >= 15 is 0 Å². The highest BCUT2D eigenvalue weighted by molar-refractivity contribution is 5.95. The van der Waals surface area contributed by atoms with Crippen molar-refractivity contribution in [3.63, 3.8) is 0 Å². The van der Waals surface area contributed by atoms with Crippen molar-refractivity contribution in [1.82, 2.24) is 14.7 Å². The predicted octanol–water partition coefficient (Wildman–Crippen LogP) is 0.661. The minimum Gasteiger partial charge on any atom is -0.454 e. The molecule has 1 aromatic rings. The van der Waals surface area contributed by atoms with Crippen LogP contribution in [-0.4, -0.2) is 117 Å². The van der Waals surface area contributed by atoms with Gasteiger partial charge in [0.25, 0.3) is 5.91 Å². The highest BCUT2D eigenvalue weighted by Crippen LogP contribution is 2.34. The highest BCUT2D eigenvalue weighted by atomic mass is 16.7. The lowest BCUT2D eigenvalue weighted by Crippen LogP contribution is -2.52. The summed E-state index contributed by atoms with van der Waals surface area (Å²) in [6.45, 7) is 8.16. The molecule has 0 bridgehead atoms. The van der Waals surface area contributed by atoms with Gasteiger partial charge >= 0.3 is 0 Å². The van der Waals surface area contributed by atoms with Gasteiger partial charge in [-0.1, -0.05) is 0 Å². The first kappa shape index (κ1) is 22.9. The molecule has 2 atom stereocenters. The second-order valence-corrected chi connectivity index (χ2v) is 9.54. The van der Waals surface area contributed by atoms with Crippen LogP contribution in [0.25, 0.3) is 0 Å². The lowest BCUT2D eigenvalue weighted by atomic mass is 10.1. The zero-order chi connectivity index (χ0) is 22.6. The number of fused-ring (bicyclic) bond motifs is 1. The van der Waals surface area contributed by atoms with Crippen LogP contribution in [-0.2, 0) is 9.47 Å². The van der Waals surface area contributed by atoms with Crippen molar-refractivity contribution < 1.29 is 28.8 Å². The van der Waals surface area contributed by atoms with E-state index < -0.39 is 6.10 Å². The first-order valence-corrected chi connectivity index (χ1v) is 12.1. The lowest BCUT2D eigenvalue weighted by Gasteiger charge is -2.37. The second-order valence-electron chi connectivity index (χ2n) is 9.54. The normalized spacial score (nSPS) is 24.6. The molecule has 1 amide bonds. The van der Waals surface area contributed by atoms with E-state index in [-0.39, 0.29) is 18.8 Å². The summed E-state index contributed by atoms with van der Waals surface area (Å²) in [7, 11) is 0. The first-order chi connectivity index (χ1) is 16.1. The Morgan fingerprint density at radius 2 is 1.79 bits per heavy atom. The van der Waals surface area contributed by atoms with Gasteiger partial charge in [0.2, 0.25) is 6.79 Å².